The summed E-state index contributed by atoms with van der Waals surface area (Å²) in [4.78, 5) is 4.53. The summed E-state index contributed by atoms with van der Waals surface area (Å²) < 4.78 is 2.09. The first kappa shape index (κ1) is 16.5. The monoisotopic (exact) mass is 292 g/mol. The molecule has 0 bridgehead atoms. The number of hydrogen-bond donors (Lipinski definition) is 1. The lowest BCUT2D eigenvalue weighted by Crippen LogP contribution is -2.35. The van der Waals surface area contributed by atoms with Gasteiger partial charge in [-0.3, -0.25) is 0 Å². The second-order valence-electron chi connectivity index (χ2n) is 7.31. The van der Waals surface area contributed by atoms with Crippen LogP contribution in [0.1, 0.15) is 58.8 Å². The van der Waals surface area contributed by atoms with Gasteiger partial charge >= 0.3 is 0 Å². The molecule has 0 aliphatic heterocycles. The van der Waals surface area contributed by atoms with Crippen LogP contribution in [0.2, 0.25) is 0 Å². The molecule has 0 spiro atoms. The highest BCUT2D eigenvalue weighted by Crippen LogP contribution is 2.38. The Morgan fingerprint density at radius 3 is 2.62 bits per heavy atom. The maximum absolute atomic E-state index is 4.53. The maximum Gasteiger partial charge on any atom is 0.138 e. The second kappa shape index (κ2) is 7.39. The van der Waals surface area contributed by atoms with E-state index in [0.29, 0.717) is 6.04 Å². The molecule has 1 saturated carbocycles. The van der Waals surface area contributed by atoms with Crippen LogP contribution in [0.25, 0.3) is 0 Å². The molecular weight excluding hydrogens is 260 g/mol. The minimum Gasteiger partial charge on any atom is -0.319 e. The van der Waals surface area contributed by atoms with E-state index >= 15 is 0 Å². The lowest BCUT2D eigenvalue weighted by Gasteiger charge is -2.38. The molecule has 3 atom stereocenters. The van der Waals surface area contributed by atoms with E-state index in [9.17, 15) is 0 Å². The molecule has 1 N–H and O–H groups in total. The first-order valence-electron chi connectivity index (χ1n) is 8.55. The van der Waals surface area contributed by atoms with Gasteiger partial charge in [-0.2, -0.15) is 5.10 Å². The summed E-state index contributed by atoms with van der Waals surface area (Å²) in [5, 5.41) is 7.78. The van der Waals surface area contributed by atoms with Gasteiger partial charge in [-0.1, -0.05) is 13.8 Å². The van der Waals surface area contributed by atoms with Crippen LogP contribution in [0.15, 0.2) is 6.33 Å². The normalized spacial score (nSPS) is 26.7. The van der Waals surface area contributed by atoms with Crippen LogP contribution in [-0.4, -0.2) is 28.4 Å². The van der Waals surface area contributed by atoms with Gasteiger partial charge in [0.2, 0.25) is 0 Å². The molecule has 1 heterocycles. The van der Waals surface area contributed by atoms with Gasteiger partial charge in [0.1, 0.15) is 12.2 Å². The Bertz CT molecular complexity index is 424. The highest BCUT2D eigenvalue weighted by atomic mass is 15.3. The van der Waals surface area contributed by atoms with E-state index in [-0.39, 0.29) is 0 Å². The van der Waals surface area contributed by atoms with Gasteiger partial charge < -0.3 is 5.32 Å². The smallest absolute Gasteiger partial charge is 0.138 e. The van der Waals surface area contributed by atoms with Crippen LogP contribution in [0.3, 0.4) is 0 Å². The summed E-state index contributed by atoms with van der Waals surface area (Å²) in [5.74, 6) is 4.35. The molecule has 0 saturated heterocycles. The Morgan fingerprint density at radius 2 is 2.00 bits per heavy atom. The van der Waals surface area contributed by atoms with E-state index in [1.54, 1.807) is 6.33 Å². The minimum atomic E-state index is 0.398. The molecule has 1 fully saturated rings. The summed E-state index contributed by atoms with van der Waals surface area (Å²) in [6.45, 7) is 10.2. The average molecular weight is 292 g/mol. The van der Waals surface area contributed by atoms with Crippen molar-refractivity contribution in [2.45, 2.75) is 59.4 Å². The van der Waals surface area contributed by atoms with Gasteiger partial charge in [-0.05, 0) is 70.4 Å². The van der Waals surface area contributed by atoms with Crippen molar-refractivity contribution >= 4 is 0 Å². The van der Waals surface area contributed by atoms with E-state index < -0.39 is 0 Å². The van der Waals surface area contributed by atoms with E-state index in [2.05, 4.69) is 54.8 Å². The molecular formula is C17H32N4. The zero-order valence-electron chi connectivity index (χ0n) is 14.3. The van der Waals surface area contributed by atoms with Crippen LogP contribution < -0.4 is 5.32 Å². The number of rotatable bonds is 6. The van der Waals surface area contributed by atoms with Crippen LogP contribution in [0, 0.1) is 23.7 Å². The molecule has 2 rings (SSSR count). The van der Waals surface area contributed by atoms with E-state index in [4.69, 9.17) is 0 Å². The third kappa shape index (κ3) is 4.06. The fraction of sp³-hybridized carbons (Fsp3) is 0.882. The van der Waals surface area contributed by atoms with E-state index in [0.717, 1.165) is 36.6 Å². The third-order valence-corrected chi connectivity index (χ3v) is 5.17. The molecule has 0 radical (unpaired) electrons. The predicted octanol–water partition coefficient (Wildman–Crippen LogP) is 3.31. The predicted molar refractivity (Wildman–Crippen MR) is 87.2 cm³/mol. The summed E-state index contributed by atoms with van der Waals surface area (Å²) in [6, 6.07) is 0.398. The molecule has 0 aromatic carbocycles. The summed E-state index contributed by atoms with van der Waals surface area (Å²) in [6.07, 6.45) is 6.87. The first-order chi connectivity index (χ1) is 10.0. The number of nitrogens with one attached hydrogen (secondary N) is 1. The molecule has 1 aromatic heterocycles. The molecule has 21 heavy (non-hydrogen) atoms. The summed E-state index contributed by atoms with van der Waals surface area (Å²) >= 11 is 0. The third-order valence-electron chi connectivity index (χ3n) is 5.17. The Balaban J connectivity index is 2.10. The molecule has 1 aliphatic rings. The lowest BCUT2D eigenvalue weighted by atomic mass is 9.69. The first-order valence-corrected chi connectivity index (χ1v) is 8.55. The summed E-state index contributed by atoms with van der Waals surface area (Å²) in [5.41, 5.74) is 0. The minimum absolute atomic E-state index is 0.398. The zero-order valence-corrected chi connectivity index (χ0v) is 14.3. The fourth-order valence-electron chi connectivity index (χ4n) is 3.84. The van der Waals surface area contributed by atoms with Gasteiger partial charge in [0.15, 0.2) is 0 Å². The number of hydrogen-bond acceptors (Lipinski definition) is 3. The van der Waals surface area contributed by atoms with Crippen molar-refractivity contribution in [3.8, 4) is 0 Å². The molecule has 120 valence electrons. The molecule has 0 amide bonds. The van der Waals surface area contributed by atoms with E-state index in [1.807, 2.05) is 0 Å². The SMILES string of the molecule is CNCC1CCC(C(C)C)CC1Cc1ncnn1C(C)C. The highest BCUT2D eigenvalue weighted by Gasteiger charge is 2.32. The zero-order chi connectivity index (χ0) is 15.4. The Labute approximate surface area is 129 Å². The molecule has 4 heteroatoms. The van der Waals surface area contributed by atoms with Crippen LogP contribution in [-0.2, 0) is 6.42 Å². The van der Waals surface area contributed by atoms with Gasteiger partial charge in [0.05, 0.1) is 0 Å². The van der Waals surface area contributed by atoms with Crippen molar-refractivity contribution in [3.05, 3.63) is 12.2 Å². The van der Waals surface area contributed by atoms with Crippen molar-refractivity contribution in [1.29, 1.82) is 0 Å². The van der Waals surface area contributed by atoms with Crippen LogP contribution >= 0.6 is 0 Å². The van der Waals surface area contributed by atoms with Crippen molar-refractivity contribution in [1.82, 2.24) is 20.1 Å². The molecule has 1 aromatic rings. The van der Waals surface area contributed by atoms with Gasteiger partial charge in [0, 0.05) is 12.5 Å². The van der Waals surface area contributed by atoms with Gasteiger partial charge in [0.25, 0.3) is 0 Å². The largest absolute Gasteiger partial charge is 0.319 e. The highest BCUT2D eigenvalue weighted by molar-refractivity contribution is 4.93. The maximum atomic E-state index is 4.53. The Hall–Kier alpha value is -0.900. The number of nitrogens with zero attached hydrogens (tertiary/aromatic N) is 3. The van der Waals surface area contributed by atoms with Crippen LogP contribution in [0.4, 0.5) is 0 Å². The second-order valence-corrected chi connectivity index (χ2v) is 7.31. The van der Waals surface area contributed by atoms with Gasteiger partial charge in [-0.25, -0.2) is 9.67 Å². The van der Waals surface area contributed by atoms with Crippen LogP contribution in [0.5, 0.6) is 0 Å². The quantitative estimate of drug-likeness (QED) is 0.874. The fourth-order valence-corrected chi connectivity index (χ4v) is 3.84. The topological polar surface area (TPSA) is 42.7 Å². The molecule has 1 aliphatic carbocycles. The molecule has 4 nitrogen and oxygen atoms in total. The lowest BCUT2D eigenvalue weighted by molar-refractivity contribution is 0.143. The standard InChI is InChI=1S/C17H32N4/c1-12(2)14-6-7-15(10-18-5)16(8-14)9-17-19-11-20-21(17)13(3)4/h11-16,18H,6-10H2,1-5H3. The Morgan fingerprint density at radius 1 is 1.24 bits per heavy atom. The Kier molecular flexibility index (Phi) is 5.80. The van der Waals surface area contributed by atoms with Crippen molar-refractivity contribution in [2.75, 3.05) is 13.6 Å². The van der Waals surface area contributed by atoms with Crippen molar-refractivity contribution in [2.24, 2.45) is 23.7 Å². The average Bonchev–Trinajstić information content (AvgIpc) is 2.89. The van der Waals surface area contributed by atoms with Crippen molar-refractivity contribution in [3.63, 3.8) is 0 Å². The number of aromatic nitrogens is 3. The summed E-state index contributed by atoms with van der Waals surface area (Å²) in [7, 11) is 2.07. The van der Waals surface area contributed by atoms with Crippen molar-refractivity contribution < 1.29 is 0 Å². The van der Waals surface area contributed by atoms with E-state index in [1.165, 1.54) is 25.1 Å². The molecule has 3 unspecified atom stereocenters. The van der Waals surface area contributed by atoms with Gasteiger partial charge in [-0.15, -0.1) is 0 Å².